The van der Waals surface area contributed by atoms with E-state index >= 15 is 0 Å². The molecule has 4 heteroatoms. The van der Waals surface area contributed by atoms with Gasteiger partial charge in [0.15, 0.2) is 0 Å². The van der Waals surface area contributed by atoms with Gasteiger partial charge in [0.05, 0.1) is 38.9 Å². The molecule has 0 spiro atoms. The molecule has 3 heterocycles. The van der Waals surface area contributed by atoms with Gasteiger partial charge in [0.2, 0.25) is 0 Å². The molecule has 0 radical (unpaired) electrons. The van der Waals surface area contributed by atoms with E-state index in [1.54, 1.807) is 0 Å². The Labute approximate surface area is 353 Å². The Hall–Kier alpha value is -7.82. The van der Waals surface area contributed by atoms with Gasteiger partial charge in [0.1, 0.15) is 22.3 Å². The number of rotatable bonds is 7. The number of allylic oxidation sites excluding steroid dienone is 4. The van der Waals surface area contributed by atoms with Gasteiger partial charge in [-0.25, -0.2) is 0 Å². The predicted molar refractivity (Wildman–Crippen MR) is 256 cm³/mol. The van der Waals surface area contributed by atoms with Crippen LogP contribution in [-0.2, 0) is 5.41 Å². The lowest BCUT2D eigenvalue weighted by atomic mass is 9.82. The van der Waals surface area contributed by atoms with Crippen molar-refractivity contribution < 1.29 is 8.83 Å². The zero-order chi connectivity index (χ0) is 41.0. The van der Waals surface area contributed by atoms with E-state index in [1.807, 2.05) is 24.3 Å². The minimum Gasteiger partial charge on any atom is -0.456 e. The van der Waals surface area contributed by atoms with Crippen molar-refractivity contribution in [1.29, 1.82) is 0 Å². The van der Waals surface area contributed by atoms with Crippen molar-refractivity contribution in [2.45, 2.75) is 19.3 Å². The van der Waals surface area contributed by atoms with Crippen LogP contribution in [0.15, 0.2) is 204 Å². The molecule has 0 bridgehead atoms. The van der Waals surface area contributed by atoms with Gasteiger partial charge in [-0.1, -0.05) is 130 Å². The van der Waals surface area contributed by atoms with Crippen molar-refractivity contribution in [2.75, 3.05) is 4.90 Å². The van der Waals surface area contributed by atoms with Gasteiger partial charge in [-0.05, 0) is 107 Å². The molecule has 3 aromatic heterocycles. The SMILES string of the molecule is C=C/C=C(\C=C)n1c2ccccc2c2cc(-c3ccc4oc5cccc(N(c6cccc7c6-c6ccccc6C7(C)C)c6cccc7oc8ccccc8c67)c5c4c3)ccc21. The molecule has 0 unspecified atom stereocenters. The third kappa shape index (κ3) is 5.00. The third-order valence-electron chi connectivity index (χ3n) is 12.9. The maximum absolute atomic E-state index is 6.75. The van der Waals surface area contributed by atoms with Crippen LogP contribution < -0.4 is 4.90 Å². The Morgan fingerprint density at radius 3 is 1.87 bits per heavy atom. The van der Waals surface area contributed by atoms with E-state index in [4.69, 9.17) is 8.83 Å². The summed E-state index contributed by atoms with van der Waals surface area (Å²) in [4.78, 5) is 2.46. The maximum Gasteiger partial charge on any atom is 0.137 e. The number of hydrogen-bond donors (Lipinski definition) is 0. The van der Waals surface area contributed by atoms with Crippen LogP contribution in [0.4, 0.5) is 17.1 Å². The zero-order valence-corrected chi connectivity index (χ0v) is 33.9. The first-order chi connectivity index (χ1) is 29.9. The standard InChI is InChI=1S/C57H40N2O2/c1-5-16-37(6-2)58-45-22-11-8-17-38(45)41-33-35(29-31-46(41)58)36-30-32-51-42(34-36)56-49(25-15-28-53(56)61-51)59(48-24-14-27-52-55(48)40-19-9-12-26-50(40)60-52)47-23-13-21-44-54(47)39-18-7-10-20-43(39)57(44,3)4/h5-34H,1-2H2,3-4H3/b37-16+. The summed E-state index contributed by atoms with van der Waals surface area (Å²) >= 11 is 0. The number of hydrogen-bond acceptors (Lipinski definition) is 3. The van der Waals surface area contributed by atoms with Crippen LogP contribution in [0.25, 0.3) is 93.6 Å². The van der Waals surface area contributed by atoms with Gasteiger partial charge in [-0.2, -0.15) is 0 Å². The summed E-state index contributed by atoms with van der Waals surface area (Å²) in [6, 6.07) is 58.8. The van der Waals surface area contributed by atoms with Gasteiger partial charge in [0, 0.05) is 38.2 Å². The van der Waals surface area contributed by atoms with E-state index in [0.717, 1.165) is 88.8 Å². The molecule has 0 fully saturated rings. The molecule has 0 saturated heterocycles. The summed E-state index contributed by atoms with van der Waals surface area (Å²) in [5, 5.41) is 6.61. The van der Waals surface area contributed by atoms with Gasteiger partial charge in [-0.15, -0.1) is 0 Å². The van der Waals surface area contributed by atoms with Crippen LogP contribution in [0.5, 0.6) is 0 Å². The van der Waals surface area contributed by atoms with Crippen molar-refractivity contribution in [2.24, 2.45) is 0 Å². The molecule has 61 heavy (non-hydrogen) atoms. The second kappa shape index (κ2) is 13.1. The largest absolute Gasteiger partial charge is 0.456 e. The number of fused-ring (bicyclic) bond motifs is 12. The molecule has 0 aliphatic heterocycles. The van der Waals surface area contributed by atoms with Gasteiger partial charge < -0.3 is 18.3 Å². The topological polar surface area (TPSA) is 34.5 Å². The highest BCUT2D eigenvalue weighted by atomic mass is 16.3. The number of furan rings is 2. The fourth-order valence-electron chi connectivity index (χ4n) is 10.2. The van der Waals surface area contributed by atoms with E-state index in [9.17, 15) is 0 Å². The molecule has 4 nitrogen and oxygen atoms in total. The molecular formula is C57H40N2O2. The normalized spacial score (nSPS) is 13.4. The average Bonchev–Trinajstić information content (AvgIpc) is 4.03. The molecule has 0 N–H and O–H groups in total. The molecular weight excluding hydrogens is 745 g/mol. The lowest BCUT2D eigenvalue weighted by molar-refractivity contribution is 0.660. The zero-order valence-electron chi connectivity index (χ0n) is 33.9. The van der Waals surface area contributed by atoms with Crippen LogP contribution in [0.3, 0.4) is 0 Å². The lowest BCUT2D eigenvalue weighted by Gasteiger charge is -2.30. The second-order valence-corrected chi connectivity index (χ2v) is 16.5. The van der Waals surface area contributed by atoms with Crippen molar-refractivity contribution in [3.63, 3.8) is 0 Å². The quantitative estimate of drug-likeness (QED) is 0.151. The summed E-state index contributed by atoms with van der Waals surface area (Å²) < 4.78 is 15.6. The fourth-order valence-corrected chi connectivity index (χ4v) is 10.2. The van der Waals surface area contributed by atoms with Crippen molar-refractivity contribution in [3.8, 4) is 22.3 Å². The second-order valence-electron chi connectivity index (χ2n) is 16.5. The van der Waals surface area contributed by atoms with Crippen LogP contribution in [0.2, 0.25) is 0 Å². The van der Waals surface area contributed by atoms with Crippen LogP contribution in [0.1, 0.15) is 25.0 Å². The Kier molecular flexibility index (Phi) is 7.54. The van der Waals surface area contributed by atoms with Gasteiger partial charge >= 0.3 is 0 Å². The first kappa shape index (κ1) is 35.2. The van der Waals surface area contributed by atoms with Gasteiger partial charge in [0.25, 0.3) is 0 Å². The Morgan fingerprint density at radius 2 is 1.10 bits per heavy atom. The number of nitrogens with zero attached hydrogens (tertiary/aromatic N) is 2. The van der Waals surface area contributed by atoms with E-state index in [0.29, 0.717) is 0 Å². The average molecular weight is 785 g/mol. The van der Waals surface area contributed by atoms with Crippen LogP contribution in [-0.4, -0.2) is 4.57 Å². The van der Waals surface area contributed by atoms with E-state index in [1.165, 1.54) is 33.0 Å². The minimum atomic E-state index is -0.173. The molecule has 0 saturated carbocycles. The number of anilines is 3. The van der Waals surface area contributed by atoms with Gasteiger partial charge in [-0.3, -0.25) is 0 Å². The summed E-state index contributed by atoms with van der Waals surface area (Å²) in [7, 11) is 0. The molecule has 11 aromatic rings. The van der Waals surface area contributed by atoms with Crippen LogP contribution >= 0.6 is 0 Å². The Balaban J connectivity index is 1.13. The third-order valence-corrected chi connectivity index (χ3v) is 12.9. The smallest absolute Gasteiger partial charge is 0.137 e. The van der Waals surface area contributed by atoms with Crippen molar-refractivity contribution in [1.82, 2.24) is 4.57 Å². The monoisotopic (exact) mass is 784 g/mol. The predicted octanol–water partition coefficient (Wildman–Crippen LogP) is 16.2. The maximum atomic E-state index is 6.75. The van der Waals surface area contributed by atoms with E-state index in [2.05, 4.69) is 194 Å². The molecule has 8 aromatic carbocycles. The molecule has 1 aliphatic carbocycles. The summed E-state index contributed by atoms with van der Waals surface area (Å²) in [5.74, 6) is 0. The highest BCUT2D eigenvalue weighted by Crippen LogP contribution is 2.56. The highest BCUT2D eigenvalue weighted by molar-refractivity contribution is 6.19. The number of para-hydroxylation sites is 2. The summed E-state index contributed by atoms with van der Waals surface area (Å²) in [6.45, 7) is 12.8. The highest BCUT2D eigenvalue weighted by Gasteiger charge is 2.38. The summed E-state index contributed by atoms with van der Waals surface area (Å²) in [5.41, 5.74) is 17.0. The summed E-state index contributed by atoms with van der Waals surface area (Å²) in [6.07, 6.45) is 5.71. The van der Waals surface area contributed by atoms with Crippen LogP contribution in [0, 0.1) is 0 Å². The molecule has 1 aliphatic rings. The van der Waals surface area contributed by atoms with Crippen molar-refractivity contribution in [3.05, 3.63) is 206 Å². The number of benzene rings is 8. The molecule has 0 amide bonds. The molecule has 0 atom stereocenters. The van der Waals surface area contributed by atoms with E-state index in [-0.39, 0.29) is 5.41 Å². The molecule has 290 valence electrons. The Morgan fingerprint density at radius 1 is 0.525 bits per heavy atom. The minimum absolute atomic E-state index is 0.173. The number of aromatic nitrogens is 1. The fraction of sp³-hybridized carbons (Fsp3) is 0.0526. The first-order valence-corrected chi connectivity index (χ1v) is 20.8. The lowest BCUT2D eigenvalue weighted by Crippen LogP contribution is -2.16. The molecule has 12 rings (SSSR count). The van der Waals surface area contributed by atoms with E-state index < -0.39 is 0 Å². The Bertz CT molecular complexity index is 3680. The van der Waals surface area contributed by atoms with Crippen molar-refractivity contribution >= 4 is 88.4 Å². The first-order valence-electron chi connectivity index (χ1n) is 20.8.